The molecule has 1 N–H and O–H groups in total. The first kappa shape index (κ1) is 15.4. The number of halogens is 2. The summed E-state index contributed by atoms with van der Waals surface area (Å²) in [6, 6.07) is 3.75. The van der Waals surface area contributed by atoms with Crippen molar-refractivity contribution in [1.82, 2.24) is 9.62 Å². The summed E-state index contributed by atoms with van der Waals surface area (Å²) in [5, 5.41) is 3.34. The van der Waals surface area contributed by atoms with Crippen molar-refractivity contribution in [2.45, 2.75) is 24.3 Å². The molecule has 21 heavy (non-hydrogen) atoms. The SMILES string of the molecule is CCC1C2CNCC2CN1S(=O)(=O)c1ccc(F)cc1Br. The van der Waals surface area contributed by atoms with Gasteiger partial charge in [-0.1, -0.05) is 6.92 Å². The van der Waals surface area contributed by atoms with Crippen LogP contribution < -0.4 is 5.32 Å². The van der Waals surface area contributed by atoms with Crippen LogP contribution in [-0.4, -0.2) is 38.4 Å². The number of fused-ring (bicyclic) bond motifs is 1. The Kier molecular flexibility index (Phi) is 4.11. The fourth-order valence-electron chi connectivity index (χ4n) is 3.58. The van der Waals surface area contributed by atoms with E-state index in [9.17, 15) is 12.8 Å². The molecule has 4 nitrogen and oxygen atoms in total. The highest BCUT2D eigenvalue weighted by molar-refractivity contribution is 9.10. The lowest BCUT2D eigenvalue weighted by molar-refractivity contribution is 0.329. The van der Waals surface area contributed by atoms with E-state index in [0.717, 1.165) is 19.5 Å². The Bertz CT molecular complexity index is 652. The van der Waals surface area contributed by atoms with Crippen molar-refractivity contribution in [3.63, 3.8) is 0 Å². The average Bonchev–Trinajstić information content (AvgIpc) is 2.97. The van der Waals surface area contributed by atoms with Gasteiger partial charge in [-0.2, -0.15) is 4.31 Å². The first-order chi connectivity index (χ1) is 9.95. The van der Waals surface area contributed by atoms with Crippen LogP contribution in [0.2, 0.25) is 0 Å². The van der Waals surface area contributed by atoms with Crippen molar-refractivity contribution in [2.75, 3.05) is 19.6 Å². The van der Waals surface area contributed by atoms with Crippen LogP contribution in [0.25, 0.3) is 0 Å². The number of hydrogen-bond donors (Lipinski definition) is 1. The number of rotatable bonds is 3. The third-order valence-corrected chi connectivity index (χ3v) is 7.44. The molecular formula is C14H18BrFN2O2S. The van der Waals surface area contributed by atoms with E-state index < -0.39 is 15.8 Å². The van der Waals surface area contributed by atoms with E-state index in [2.05, 4.69) is 21.2 Å². The molecule has 0 aliphatic carbocycles. The fourth-order valence-corrected chi connectivity index (χ4v) is 6.39. The molecule has 0 radical (unpaired) electrons. The van der Waals surface area contributed by atoms with E-state index in [4.69, 9.17) is 0 Å². The second-order valence-electron chi connectivity index (χ2n) is 5.71. The van der Waals surface area contributed by atoms with Crippen molar-refractivity contribution in [3.05, 3.63) is 28.5 Å². The van der Waals surface area contributed by atoms with Gasteiger partial charge in [0.05, 0.1) is 4.90 Å². The molecule has 0 bridgehead atoms. The summed E-state index contributed by atoms with van der Waals surface area (Å²) in [6.45, 7) is 4.31. The van der Waals surface area contributed by atoms with E-state index in [-0.39, 0.29) is 15.4 Å². The minimum Gasteiger partial charge on any atom is -0.316 e. The maximum atomic E-state index is 13.2. The second kappa shape index (κ2) is 5.61. The van der Waals surface area contributed by atoms with Crippen LogP contribution in [0, 0.1) is 17.7 Å². The normalized spacial score (nSPS) is 29.8. The van der Waals surface area contributed by atoms with Crippen LogP contribution >= 0.6 is 15.9 Å². The Morgan fingerprint density at radius 2 is 2.19 bits per heavy atom. The Labute approximate surface area is 132 Å². The van der Waals surface area contributed by atoms with Gasteiger partial charge in [0, 0.05) is 17.1 Å². The van der Waals surface area contributed by atoms with Crippen molar-refractivity contribution in [2.24, 2.45) is 11.8 Å². The lowest BCUT2D eigenvalue weighted by atomic mass is 9.93. The molecule has 3 unspecified atom stereocenters. The zero-order chi connectivity index (χ0) is 15.2. The van der Waals surface area contributed by atoms with Gasteiger partial charge in [-0.15, -0.1) is 0 Å². The molecule has 2 fully saturated rings. The molecule has 2 saturated heterocycles. The molecule has 1 aromatic carbocycles. The Morgan fingerprint density at radius 3 is 2.86 bits per heavy atom. The van der Waals surface area contributed by atoms with Gasteiger partial charge in [0.2, 0.25) is 10.0 Å². The highest BCUT2D eigenvalue weighted by Crippen LogP contribution is 2.39. The van der Waals surface area contributed by atoms with Gasteiger partial charge in [-0.3, -0.25) is 0 Å². The van der Waals surface area contributed by atoms with E-state index in [0.29, 0.717) is 18.4 Å². The first-order valence-corrected chi connectivity index (χ1v) is 9.36. The topological polar surface area (TPSA) is 49.4 Å². The summed E-state index contributed by atoms with van der Waals surface area (Å²) in [6.07, 6.45) is 0.793. The maximum absolute atomic E-state index is 13.2. The summed E-state index contributed by atoms with van der Waals surface area (Å²) < 4.78 is 40.9. The second-order valence-corrected chi connectivity index (χ2v) is 8.42. The molecule has 2 heterocycles. The van der Waals surface area contributed by atoms with Gasteiger partial charge in [0.1, 0.15) is 5.82 Å². The monoisotopic (exact) mass is 376 g/mol. The molecule has 0 saturated carbocycles. The maximum Gasteiger partial charge on any atom is 0.244 e. The van der Waals surface area contributed by atoms with Gasteiger partial charge < -0.3 is 5.32 Å². The number of benzene rings is 1. The highest BCUT2D eigenvalue weighted by atomic mass is 79.9. The first-order valence-electron chi connectivity index (χ1n) is 7.12. The number of nitrogens with zero attached hydrogens (tertiary/aromatic N) is 1. The van der Waals surface area contributed by atoms with Gasteiger partial charge >= 0.3 is 0 Å². The lowest BCUT2D eigenvalue weighted by Gasteiger charge is -2.26. The summed E-state index contributed by atoms with van der Waals surface area (Å²) in [4.78, 5) is 0.148. The van der Waals surface area contributed by atoms with Crippen LogP contribution in [0.1, 0.15) is 13.3 Å². The molecule has 0 amide bonds. The molecular weight excluding hydrogens is 359 g/mol. The molecule has 2 aliphatic heterocycles. The fraction of sp³-hybridized carbons (Fsp3) is 0.571. The zero-order valence-corrected chi connectivity index (χ0v) is 14.1. The summed E-state index contributed by atoms with van der Waals surface area (Å²) in [5.41, 5.74) is 0. The molecule has 3 rings (SSSR count). The van der Waals surface area contributed by atoms with Crippen LogP contribution in [0.15, 0.2) is 27.6 Å². The highest BCUT2D eigenvalue weighted by Gasteiger charge is 2.48. The van der Waals surface area contributed by atoms with Crippen LogP contribution in [0.4, 0.5) is 4.39 Å². The summed E-state index contributed by atoms with van der Waals surface area (Å²) in [5.74, 6) is 0.309. The van der Waals surface area contributed by atoms with E-state index >= 15 is 0 Å². The predicted octanol–water partition coefficient (Wildman–Crippen LogP) is 2.21. The molecule has 3 atom stereocenters. The van der Waals surface area contributed by atoms with Crippen molar-refractivity contribution in [1.29, 1.82) is 0 Å². The van der Waals surface area contributed by atoms with Crippen molar-refractivity contribution >= 4 is 26.0 Å². The molecule has 0 aromatic heterocycles. The zero-order valence-electron chi connectivity index (χ0n) is 11.7. The van der Waals surface area contributed by atoms with Gasteiger partial charge in [0.25, 0.3) is 0 Å². The average molecular weight is 377 g/mol. The summed E-state index contributed by atoms with van der Waals surface area (Å²) >= 11 is 3.17. The van der Waals surface area contributed by atoms with Crippen LogP contribution in [-0.2, 0) is 10.0 Å². The third kappa shape index (κ3) is 2.54. The predicted molar refractivity (Wildman–Crippen MR) is 81.9 cm³/mol. The molecule has 0 spiro atoms. The number of nitrogens with one attached hydrogen (secondary N) is 1. The molecule has 2 aliphatic rings. The molecule has 7 heteroatoms. The smallest absolute Gasteiger partial charge is 0.244 e. The Morgan fingerprint density at radius 1 is 1.43 bits per heavy atom. The van der Waals surface area contributed by atoms with Gasteiger partial charge in [-0.25, -0.2) is 12.8 Å². The van der Waals surface area contributed by atoms with E-state index in [1.807, 2.05) is 6.92 Å². The van der Waals surface area contributed by atoms with Crippen LogP contribution in [0.3, 0.4) is 0 Å². The minimum absolute atomic E-state index is 0.0203. The Hall–Kier alpha value is -0.500. The van der Waals surface area contributed by atoms with Gasteiger partial charge in [-0.05, 0) is 65.5 Å². The van der Waals surface area contributed by atoms with E-state index in [1.165, 1.54) is 18.2 Å². The summed E-state index contributed by atoms with van der Waals surface area (Å²) in [7, 11) is -3.60. The molecule has 116 valence electrons. The van der Waals surface area contributed by atoms with E-state index in [1.54, 1.807) is 4.31 Å². The molecule has 1 aromatic rings. The van der Waals surface area contributed by atoms with Crippen molar-refractivity contribution < 1.29 is 12.8 Å². The standard InChI is InChI=1S/C14H18BrFN2O2S/c1-2-13-11-7-17-6-9(11)8-18(13)21(19,20)14-4-3-10(16)5-12(14)15/h3-5,9,11,13,17H,2,6-8H2,1H3. The largest absolute Gasteiger partial charge is 0.316 e. The van der Waals surface area contributed by atoms with Crippen molar-refractivity contribution in [3.8, 4) is 0 Å². The number of sulfonamides is 1. The quantitative estimate of drug-likeness (QED) is 0.879. The van der Waals surface area contributed by atoms with Crippen LogP contribution in [0.5, 0.6) is 0 Å². The van der Waals surface area contributed by atoms with Gasteiger partial charge in [0.15, 0.2) is 0 Å². The number of hydrogen-bond acceptors (Lipinski definition) is 3. The third-order valence-electron chi connectivity index (χ3n) is 4.57. The minimum atomic E-state index is -3.60. The Balaban J connectivity index is 1.98. The lowest BCUT2D eigenvalue weighted by Crippen LogP contribution is -2.39.